The predicted octanol–water partition coefficient (Wildman–Crippen LogP) is 2.35. The molecule has 0 aliphatic heterocycles. The molecule has 0 radical (unpaired) electrons. The van der Waals surface area contributed by atoms with E-state index in [0.717, 1.165) is 11.1 Å². The summed E-state index contributed by atoms with van der Waals surface area (Å²) in [6.07, 6.45) is 1.27. The molecule has 2 N–H and O–H groups in total. The Bertz CT molecular complexity index is 502. The van der Waals surface area contributed by atoms with E-state index in [4.69, 9.17) is 10.5 Å². The van der Waals surface area contributed by atoms with Crippen molar-refractivity contribution >= 4 is 5.69 Å². The number of hydrogen-bond donors (Lipinski definition) is 2. The standard InChI is InChI=1S/C12H11N3O/c1-8-3-9(2)12(16)11(4-8)15-7-10(5-13)6-14/h3-4,7,15-16H,1-2H3. The lowest BCUT2D eigenvalue weighted by Gasteiger charge is -2.08. The summed E-state index contributed by atoms with van der Waals surface area (Å²) in [5.41, 5.74) is 2.17. The molecule has 1 rings (SSSR count). The molecule has 1 aromatic rings. The molecule has 80 valence electrons. The highest BCUT2D eigenvalue weighted by Crippen LogP contribution is 2.28. The van der Waals surface area contributed by atoms with Crippen LogP contribution in [0.25, 0.3) is 0 Å². The second-order valence-electron chi connectivity index (χ2n) is 3.40. The molecular formula is C12H11N3O. The Balaban J connectivity index is 3.05. The number of anilines is 1. The zero-order valence-electron chi connectivity index (χ0n) is 9.07. The lowest BCUT2D eigenvalue weighted by molar-refractivity contribution is 0.473. The first kappa shape index (κ1) is 11.6. The van der Waals surface area contributed by atoms with Crippen molar-refractivity contribution in [2.75, 3.05) is 5.32 Å². The Morgan fingerprint density at radius 1 is 1.31 bits per heavy atom. The molecule has 0 saturated heterocycles. The van der Waals surface area contributed by atoms with Gasteiger partial charge in [-0.05, 0) is 31.0 Å². The summed E-state index contributed by atoms with van der Waals surface area (Å²) >= 11 is 0. The highest BCUT2D eigenvalue weighted by atomic mass is 16.3. The van der Waals surface area contributed by atoms with E-state index in [1.165, 1.54) is 6.20 Å². The molecule has 0 atom stereocenters. The van der Waals surface area contributed by atoms with E-state index in [0.29, 0.717) is 5.69 Å². The predicted molar refractivity (Wildman–Crippen MR) is 60.5 cm³/mol. The average molecular weight is 213 g/mol. The van der Waals surface area contributed by atoms with E-state index in [9.17, 15) is 5.11 Å². The van der Waals surface area contributed by atoms with Gasteiger partial charge in [0.1, 0.15) is 23.5 Å². The van der Waals surface area contributed by atoms with Gasteiger partial charge >= 0.3 is 0 Å². The van der Waals surface area contributed by atoms with Crippen LogP contribution in [0, 0.1) is 36.5 Å². The summed E-state index contributed by atoms with van der Waals surface area (Å²) in [5.74, 6) is 0.122. The van der Waals surface area contributed by atoms with Crippen molar-refractivity contribution in [2.24, 2.45) is 0 Å². The van der Waals surface area contributed by atoms with Crippen LogP contribution in [0.2, 0.25) is 0 Å². The molecule has 0 bridgehead atoms. The Morgan fingerprint density at radius 2 is 1.94 bits per heavy atom. The number of aromatic hydroxyl groups is 1. The average Bonchev–Trinajstić information content (AvgIpc) is 2.26. The van der Waals surface area contributed by atoms with Gasteiger partial charge in [0.05, 0.1) is 5.69 Å². The van der Waals surface area contributed by atoms with Crippen molar-refractivity contribution in [2.45, 2.75) is 13.8 Å². The van der Waals surface area contributed by atoms with Gasteiger partial charge in [-0.15, -0.1) is 0 Å². The number of nitrogens with zero attached hydrogens (tertiary/aromatic N) is 2. The minimum atomic E-state index is -0.0430. The fourth-order valence-corrected chi connectivity index (χ4v) is 1.31. The number of hydrogen-bond acceptors (Lipinski definition) is 4. The molecule has 0 amide bonds. The molecule has 0 aromatic heterocycles. The molecule has 0 unspecified atom stereocenters. The number of nitrogens with one attached hydrogen (secondary N) is 1. The first-order valence-corrected chi connectivity index (χ1v) is 4.65. The van der Waals surface area contributed by atoms with Crippen LogP contribution in [-0.4, -0.2) is 5.11 Å². The van der Waals surface area contributed by atoms with Crippen molar-refractivity contribution in [1.29, 1.82) is 10.5 Å². The first-order chi connectivity index (χ1) is 7.58. The van der Waals surface area contributed by atoms with Crippen LogP contribution in [0.4, 0.5) is 5.69 Å². The Kier molecular flexibility index (Phi) is 3.53. The van der Waals surface area contributed by atoms with Crippen molar-refractivity contribution in [1.82, 2.24) is 0 Å². The van der Waals surface area contributed by atoms with Gasteiger partial charge in [-0.3, -0.25) is 0 Å². The maximum absolute atomic E-state index is 9.72. The first-order valence-electron chi connectivity index (χ1n) is 4.65. The lowest BCUT2D eigenvalue weighted by Crippen LogP contribution is -1.92. The smallest absolute Gasteiger partial charge is 0.145 e. The van der Waals surface area contributed by atoms with Crippen LogP contribution in [0.3, 0.4) is 0 Å². The number of phenols is 1. The molecule has 0 aliphatic rings. The van der Waals surface area contributed by atoms with Crippen LogP contribution in [0.5, 0.6) is 5.75 Å². The van der Waals surface area contributed by atoms with Crippen molar-refractivity contribution in [3.8, 4) is 17.9 Å². The Morgan fingerprint density at radius 3 is 2.50 bits per heavy atom. The number of rotatable bonds is 2. The van der Waals surface area contributed by atoms with Gasteiger partial charge in [0, 0.05) is 6.20 Å². The molecule has 0 fully saturated rings. The third-order valence-corrected chi connectivity index (χ3v) is 2.06. The Hall–Kier alpha value is -2.46. The van der Waals surface area contributed by atoms with Gasteiger partial charge in [0.2, 0.25) is 0 Å². The highest BCUT2D eigenvalue weighted by molar-refractivity contribution is 5.63. The van der Waals surface area contributed by atoms with E-state index in [2.05, 4.69) is 5.32 Å². The Labute approximate surface area is 94.1 Å². The molecular weight excluding hydrogens is 202 g/mol. The van der Waals surface area contributed by atoms with Gasteiger partial charge in [-0.25, -0.2) is 0 Å². The summed E-state index contributed by atoms with van der Waals surface area (Å²) in [6.45, 7) is 3.68. The number of aryl methyl sites for hydroxylation is 2. The second kappa shape index (κ2) is 4.86. The third-order valence-electron chi connectivity index (χ3n) is 2.06. The normalized spacial score (nSPS) is 8.75. The van der Waals surface area contributed by atoms with Crippen LogP contribution in [-0.2, 0) is 0 Å². The zero-order chi connectivity index (χ0) is 12.1. The summed E-state index contributed by atoms with van der Waals surface area (Å²) in [7, 11) is 0. The summed E-state index contributed by atoms with van der Waals surface area (Å²) in [5, 5.41) is 29.5. The fraction of sp³-hybridized carbons (Fsp3) is 0.167. The third kappa shape index (κ3) is 2.52. The summed E-state index contributed by atoms with van der Waals surface area (Å²) in [4.78, 5) is 0. The molecule has 4 heteroatoms. The van der Waals surface area contributed by atoms with Crippen LogP contribution in [0.15, 0.2) is 23.9 Å². The maximum Gasteiger partial charge on any atom is 0.145 e. The van der Waals surface area contributed by atoms with Crippen molar-refractivity contribution in [3.05, 3.63) is 35.0 Å². The van der Waals surface area contributed by atoms with Gasteiger partial charge in [0.25, 0.3) is 0 Å². The minimum absolute atomic E-state index is 0.0430. The molecule has 0 heterocycles. The van der Waals surface area contributed by atoms with E-state index < -0.39 is 0 Å². The van der Waals surface area contributed by atoms with E-state index in [1.807, 2.05) is 13.0 Å². The number of allylic oxidation sites excluding steroid dienone is 1. The monoisotopic (exact) mass is 213 g/mol. The summed E-state index contributed by atoms with van der Waals surface area (Å²) < 4.78 is 0. The molecule has 4 nitrogen and oxygen atoms in total. The van der Waals surface area contributed by atoms with Gasteiger partial charge in [-0.1, -0.05) is 6.07 Å². The second-order valence-corrected chi connectivity index (χ2v) is 3.40. The largest absolute Gasteiger partial charge is 0.505 e. The molecule has 0 spiro atoms. The minimum Gasteiger partial charge on any atom is -0.505 e. The quantitative estimate of drug-likeness (QED) is 0.583. The highest BCUT2D eigenvalue weighted by Gasteiger charge is 2.04. The summed E-state index contributed by atoms with van der Waals surface area (Å²) in [6, 6.07) is 7.04. The van der Waals surface area contributed by atoms with Gasteiger partial charge in [0.15, 0.2) is 0 Å². The SMILES string of the molecule is Cc1cc(C)c(O)c(NC=C(C#N)C#N)c1. The molecule has 0 saturated carbocycles. The fourth-order valence-electron chi connectivity index (χ4n) is 1.31. The number of nitriles is 2. The van der Waals surface area contributed by atoms with Crippen LogP contribution < -0.4 is 5.32 Å². The van der Waals surface area contributed by atoms with E-state index in [1.54, 1.807) is 25.1 Å². The van der Waals surface area contributed by atoms with E-state index >= 15 is 0 Å². The van der Waals surface area contributed by atoms with Crippen LogP contribution >= 0.6 is 0 Å². The van der Waals surface area contributed by atoms with Crippen LogP contribution in [0.1, 0.15) is 11.1 Å². The molecule has 0 aliphatic carbocycles. The van der Waals surface area contributed by atoms with Crippen molar-refractivity contribution < 1.29 is 5.11 Å². The number of phenolic OH excluding ortho intramolecular Hbond substituents is 1. The maximum atomic E-state index is 9.72. The molecule has 16 heavy (non-hydrogen) atoms. The van der Waals surface area contributed by atoms with Gasteiger partial charge in [-0.2, -0.15) is 10.5 Å². The zero-order valence-corrected chi connectivity index (χ0v) is 9.07. The van der Waals surface area contributed by atoms with E-state index in [-0.39, 0.29) is 11.3 Å². The molecule has 1 aromatic carbocycles. The lowest BCUT2D eigenvalue weighted by atomic mass is 10.1. The topological polar surface area (TPSA) is 79.8 Å². The number of benzene rings is 1. The van der Waals surface area contributed by atoms with Gasteiger partial charge < -0.3 is 10.4 Å². The van der Waals surface area contributed by atoms with Crippen molar-refractivity contribution in [3.63, 3.8) is 0 Å².